The van der Waals surface area contributed by atoms with E-state index in [1.165, 1.54) is 0 Å². The predicted molar refractivity (Wildman–Crippen MR) is 65.6 cm³/mol. The monoisotopic (exact) mass is 237 g/mol. The van der Waals surface area contributed by atoms with Crippen molar-refractivity contribution in [3.8, 4) is 0 Å². The Kier molecular flexibility index (Phi) is 3.19. The van der Waals surface area contributed by atoms with Gasteiger partial charge >= 0.3 is 5.69 Å². The van der Waals surface area contributed by atoms with E-state index in [0.717, 1.165) is 18.4 Å². The van der Waals surface area contributed by atoms with E-state index in [-0.39, 0.29) is 18.0 Å². The molecule has 0 radical (unpaired) electrons. The lowest BCUT2D eigenvalue weighted by Crippen LogP contribution is -2.28. The van der Waals surface area contributed by atoms with Crippen molar-refractivity contribution >= 4 is 5.82 Å². The van der Waals surface area contributed by atoms with Crippen molar-refractivity contribution in [3.05, 3.63) is 22.2 Å². The molecule has 1 saturated heterocycles. The van der Waals surface area contributed by atoms with E-state index in [4.69, 9.17) is 10.5 Å². The van der Waals surface area contributed by atoms with E-state index in [1.807, 2.05) is 6.92 Å². The summed E-state index contributed by atoms with van der Waals surface area (Å²) in [6.07, 6.45) is 3.58. The van der Waals surface area contributed by atoms with E-state index in [9.17, 15) is 4.79 Å². The molecule has 0 amide bonds. The van der Waals surface area contributed by atoms with Gasteiger partial charge < -0.3 is 10.5 Å². The minimum atomic E-state index is -0.331. The van der Waals surface area contributed by atoms with Gasteiger partial charge in [-0.15, -0.1) is 0 Å². The first-order valence-electron chi connectivity index (χ1n) is 6.03. The van der Waals surface area contributed by atoms with Crippen molar-refractivity contribution in [1.29, 1.82) is 0 Å². The number of aromatic nitrogens is 2. The highest BCUT2D eigenvalue weighted by Gasteiger charge is 2.32. The van der Waals surface area contributed by atoms with Crippen LogP contribution in [-0.4, -0.2) is 15.7 Å². The van der Waals surface area contributed by atoms with Crippen LogP contribution in [0, 0.1) is 12.8 Å². The molecule has 5 heteroatoms. The Bertz CT molecular complexity index is 469. The average molecular weight is 237 g/mol. The molecule has 0 unspecified atom stereocenters. The zero-order chi connectivity index (χ0) is 12.6. The van der Waals surface area contributed by atoms with Gasteiger partial charge in [0.05, 0.1) is 6.10 Å². The highest BCUT2D eigenvalue weighted by atomic mass is 16.5. The standard InChI is InChI=1S/C12H19N3O2/c1-4-9-7(2)5-10(17-9)15-6-8(3)11(13)14-12(15)16/h6-7,9-10H,4-5H2,1-3H3,(H2,13,14,16)/t7-,9-,10-/m1/s1. The van der Waals surface area contributed by atoms with Crippen LogP contribution in [0.2, 0.25) is 0 Å². The molecule has 2 heterocycles. The second-order valence-electron chi connectivity index (χ2n) is 4.75. The molecular weight excluding hydrogens is 218 g/mol. The number of ether oxygens (including phenoxy) is 1. The van der Waals surface area contributed by atoms with E-state index < -0.39 is 0 Å². The topological polar surface area (TPSA) is 70.1 Å². The van der Waals surface area contributed by atoms with Crippen LogP contribution in [0.4, 0.5) is 5.82 Å². The summed E-state index contributed by atoms with van der Waals surface area (Å²) in [5.41, 5.74) is 6.08. The van der Waals surface area contributed by atoms with Crippen LogP contribution >= 0.6 is 0 Å². The van der Waals surface area contributed by atoms with E-state index in [1.54, 1.807) is 10.8 Å². The maximum Gasteiger partial charge on any atom is 0.351 e. The molecule has 1 aromatic rings. The third-order valence-electron chi connectivity index (χ3n) is 3.43. The Balaban J connectivity index is 2.30. The predicted octanol–water partition coefficient (Wildman–Crippen LogP) is 1.47. The number of hydrogen-bond donors (Lipinski definition) is 1. The van der Waals surface area contributed by atoms with Crippen molar-refractivity contribution in [2.45, 2.75) is 45.9 Å². The minimum Gasteiger partial charge on any atom is -0.383 e. The molecule has 1 aromatic heterocycles. The van der Waals surface area contributed by atoms with Crippen LogP contribution in [0.3, 0.4) is 0 Å². The largest absolute Gasteiger partial charge is 0.383 e. The second-order valence-corrected chi connectivity index (χ2v) is 4.75. The summed E-state index contributed by atoms with van der Waals surface area (Å²) in [5.74, 6) is 0.763. The van der Waals surface area contributed by atoms with Crippen molar-refractivity contribution in [2.24, 2.45) is 5.92 Å². The molecule has 2 N–H and O–H groups in total. The molecule has 1 aliphatic heterocycles. The normalized spacial score (nSPS) is 28.5. The summed E-state index contributed by atoms with van der Waals surface area (Å²) in [4.78, 5) is 15.6. The molecule has 5 nitrogen and oxygen atoms in total. The van der Waals surface area contributed by atoms with Crippen LogP contribution in [0.1, 0.15) is 38.5 Å². The van der Waals surface area contributed by atoms with Crippen molar-refractivity contribution in [2.75, 3.05) is 5.73 Å². The van der Waals surface area contributed by atoms with Crippen molar-refractivity contribution in [3.63, 3.8) is 0 Å². The molecule has 17 heavy (non-hydrogen) atoms. The third kappa shape index (κ3) is 2.20. The van der Waals surface area contributed by atoms with Crippen LogP contribution in [0.25, 0.3) is 0 Å². The first-order chi connectivity index (χ1) is 8.02. The lowest BCUT2D eigenvalue weighted by molar-refractivity contribution is -0.00756. The average Bonchev–Trinajstić information content (AvgIpc) is 2.65. The van der Waals surface area contributed by atoms with Gasteiger partial charge in [0.25, 0.3) is 0 Å². The Labute approximate surface area is 101 Å². The van der Waals surface area contributed by atoms with Gasteiger partial charge in [-0.1, -0.05) is 13.8 Å². The van der Waals surface area contributed by atoms with Crippen LogP contribution in [-0.2, 0) is 4.74 Å². The molecule has 0 spiro atoms. The minimum absolute atomic E-state index is 0.200. The zero-order valence-electron chi connectivity index (χ0n) is 10.5. The number of aryl methyl sites for hydroxylation is 1. The van der Waals surface area contributed by atoms with Crippen molar-refractivity contribution < 1.29 is 4.74 Å². The first-order valence-corrected chi connectivity index (χ1v) is 6.03. The van der Waals surface area contributed by atoms with Gasteiger partial charge in [0.15, 0.2) is 0 Å². The third-order valence-corrected chi connectivity index (χ3v) is 3.43. The maximum absolute atomic E-state index is 11.8. The fourth-order valence-corrected chi connectivity index (χ4v) is 2.32. The van der Waals surface area contributed by atoms with Gasteiger partial charge in [0.2, 0.25) is 0 Å². The number of nitrogens with zero attached hydrogens (tertiary/aromatic N) is 2. The smallest absolute Gasteiger partial charge is 0.351 e. The number of anilines is 1. The SMILES string of the molecule is CC[C@H]1O[C@@H](n2cc(C)c(N)nc2=O)C[C@H]1C. The molecule has 0 aliphatic carbocycles. The lowest BCUT2D eigenvalue weighted by atomic mass is 10.0. The fourth-order valence-electron chi connectivity index (χ4n) is 2.32. The van der Waals surface area contributed by atoms with Gasteiger partial charge in [-0.05, 0) is 25.7 Å². The Morgan fingerprint density at radius 1 is 1.65 bits per heavy atom. The van der Waals surface area contributed by atoms with Gasteiger partial charge in [-0.25, -0.2) is 4.79 Å². The number of rotatable bonds is 2. The molecule has 1 fully saturated rings. The summed E-state index contributed by atoms with van der Waals surface area (Å²) in [7, 11) is 0. The quantitative estimate of drug-likeness (QED) is 0.845. The molecule has 1 aliphatic rings. The molecular formula is C12H19N3O2. The fraction of sp³-hybridized carbons (Fsp3) is 0.667. The number of nitrogen functional groups attached to an aromatic ring is 1. The number of nitrogens with two attached hydrogens (primary N) is 1. The van der Waals surface area contributed by atoms with E-state index >= 15 is 0 Å². The summed E-state index contributed by atoms with van der Waals surface area (Å²) in [5, 5.41) is 0. The maximum atomic E-state index is 11.8. The summed E-state index contributed by atoms with van der Waals surface area (Å²) in [6, 6.07) is 0. The van der Waals surface area contributed by atoms with Crippen LogP contribution in [0.15, 0.2) is 11.0 Å². The van der Waals surface area contributed by atoms with Gasteiger partial charge in [-0.2, -0.15) is 4.98 Å². The summed E-state index contributed by atoms with van der Waals surface area (Å²) >= 11 is 0. The zero-order valence-corrected chi connectivity index (χ0v) is 10.5. The van der Waals surface area contributed by atoms with E-state index in [0.29, 0.717) is 11.7 Å². The molecule has 0 bridgehead atoms. The van der Waals surface area contributed by atoms with Crippen LogP contribution < -0.4 is 11.4 Å². The molecule has 2 rings (SSSR count). The van der Waals surface area contributed by atoms with Gasteiger partial charge in [-0.3, -0.25) is 4.57 Å². The van der Waals surface area contributed by atoms with E-state index in [2.05, 4.69) is 18.8 Å². The summed E-state index contributed by atoms with van der Waals surface area (Å²) in [6.45, 7) is 6.09. The Morgan fingerprint density at radius 3 is 2.94 bits per heavy atom. The number of hydrogen-bond acceptors (Lipinski definition) is 4. The molecule has 0 aromatic carbocycles. The van der Waals surface area contributed by atoms with Crippen molar-refractivity contribution in [1.82, 2.24) is 9.55 Å². The highest BCUT2D eigenvalue weighted by molar-refractivity contribution is 5.35. The molecule has 3 atom stereocenters. The lowest BCUT2D eigenvalue weighted by Gasteiger charge is -2.15. The Morgan fingerprint density at radius 2 is 2.35 bits per heavy atom. The summed E-state index contributed by atoms with van der Waals surface area (Å²) < 4.78 is 7.42. The second kappa shape index (κ2) is 4.49. The first kappa shape index (κ1) is 12.1. The van der Waals surface area contributed by atoms with Gasteiger partial charge in [0.1, 0.15) is 12.0 Å². The highest BCUT2D eigenvalue weighted by Crippen LogP contribution is 2.33. The molecule has 94 valence electrons. The van der Waals surface area contributed by atoms with Crippen LogP contribution in [0.5, 0.6) is 0 Å². The van der Waals surface area contributed by atoms with Gasteiger partial charge in [0, 0.05) is 11.8 Å². The molecule has 0 saturated carbocycles. The Hall–Kier alpha value is -1.36.